The van der Waals surface area contributed by atoms with Gasteiger partial charge in [0.05, 0.1) is 27.7 Å². The molecule has 1 aromatic rings. The van der Waals surface area contributed by atoms with Gasteiger partial charge in [0.1, 0.15) is 11.4 Å². The highest BCUT2D eigenvalue weighted by Gasteiger charge is 2.38. The first-order chi connectivity index (χ1) is 11.2. The van der Waals surface area contributed by atoms with Crippen molar-refractivity contribution in [1.29, 1.82) is 0 Å². The van der Waals surface area contributed by atoms with Gasteiger partial charge >= 0.3 is 5.97 Å². The van der Waals surface area contributed by atoms with Crippen LogP contribution in [0.2, 0.25) is 0 Å². The smallest absolute Gasteiger partial charge is 0.308 e. The lowest BCUT2D eigenvalue weighted by Crippen LogP contribution is -2.48. The number of aryl methyl sites for hydroxylation is 1. The van der Waals surface area contributed by atoms with Crippen LogP contribution in [0.15, 0.2) is 18.2 Å². The van der Waals surface area contributed by atoms with Crippen molar-refractivity contribution in [2.75, 3.05) is 0 Å². The van der Waals surface area contributed by atoms with Crippen molar-refractivity contribution < 1.29 is 18.1 Å². The molecule has 6 heteroatoms. The molecule has 4 nitrogen and oxygen atoms in total. The first-order valence-electron chi connectivity index (χ1n) is 8.33. The van der Waals surface area contributed by atoms with Crippen LogP contribution < -0.4 is 4.72 Å². The van der Waals surface area contributed by atoms with Crippen molar-refractivity contribution in [2.45, 2.75) is 77.7 Å². The molecule has 1 N–H and O–H groups in total. The van der Waals surface area contributed by atoms with Gasteiger partial charge in [-0.15, -0.1) is 0 Å². The minimum absolute atomic E-state index is 0.132. The molecule has 0 fully saturated rings. The molecule has 0 bridgehead atoms. The van der Waals surface area contributed by atoms with E-state index in [-0.39, 0.29) is 6.42 Å². The van der Waals surface area contributed by atoms with Crippen LogP contribution in [0.1, 0.15) is 66.0 Å². The van der Waals surface area contributed by atoms with Gasteiger partial charge in [-0.2, -0.15) is 0 Å². The Bertz CT molecular complexity index is 662. The predicted molar refractivity (Wildman–Crippen MR) is 100.0 cm³/mol. The van der Waals surface area contributed by atoms with Crippen LogP contribution in [0.5, 0.6) is 0 Å². The third-order valence-electron chi connectivity index (χ3n) is 3.58. The SMILES string of the molecule is Cc1cccc([C@](C)(CC(=O)OC(C)(C)C)NS(=O)C(C)(C)C)c1F. The molecule has 0 saturated heterocycles. The Labute approximate surface area is 153 Å². The molecule has 0 amide bonds. The number of carbonyl (C=O) groups excluding carboxylic acids is 1. The molecular weight excluding hydrogens is 341 g/mol. The van der Waals surface area contributed by atoms with Gasteiger partial charge in [-0.05, 0) is 61.0 Å². The summed E-state index contributed by atoms with van der Waals surface area (Å²) in [5.74, 6) is -0.888. The fraction of sp³-hybridized carbons (Fsp3) is 0.632. The molecule has 0 radical (unpaired) electrons. The molecule has 1 unspecified atom stereocenters. The Balaban J connectivity index is 3.29. The summed E-state index contributed by atoms with van der Waals surface area (Å²) in [6.07, 6.45) is -0.132. The molecule has 1 aromatic carbocycles. The second kappa shape index (κ2) is 7.54. The van der Waals surface area contributed by atoms with Crippen molar-refractivity contribution in [1.82, 2.24) is 4.72 Å². The minimum Gasteiger partial charge on any atom is -0.460 e. The third-order valence-corrected chi connectivity index (χ3v) is 5.33. The quantitative estimate of drug-likeness (QED) is 0.792. The molecule has 2 atom stereocenters. The fourth-order valence-electron chi connectivity index (χ4n) is 2.28. The zero-order valence-electron chi connectivity index (χ0n) is 16.5. The molecule has 0 heterocycles. The van der Waals surface area contributed by atoms with Crippen LogP contribution in [0.4, 0.5) is 4.39 Å². The highest BCUT2D eigenvalue weighted by molar-refractivity contribution is 7.84. The maximum Gasteiger partial charge on any atom is 0.308 e. The van der Waals surface area contributed by atoms with Gasteiger partial charge < -0.3 is 4.74 Å². The monoisotopic (exact) mass is 371 g/mol. The van der Waals surface area contributed by atoms with E-state index in [1.54, 1.807) is 52.8 Å². The van der Waals surface area contributed by atoms with Crippen LogP contribution >= 0.6 is 0 Å². The maximum atomic E-state index is 14.7. The summed E-state index contributed by atoms with van der Waals surface area (Å²) in [6.45, 7) is 14.1. The van der Waals surface area contributed by atoms with E-state index in [9.17, 15) is 13.4 Å². The van der Waals surface area contributed by atoms with Crippen LogP contribution in [0.25, 0.3) is 0 Å². The summed E-state index contributed by atoms with van der Waals surface area (Å²) in [5.41, 5.74) is -1.03. The lowest BCUT2D eigenvalue weighted by molar-refractivity contribution is -0.156. The molecule has 1 rings (SSSR count). The lowest BCUT2D eigenvalue weighted by atomic mass is 9.88. The topological polar surface area (TPSA) is 55.4 Å². The standard InChI is InChI=1S/C19H30FNO3S/c1-13-10-9-11-14(16(13)20)19(8,21-25(23)18(5,6)7)12-15(22)24-17(2,3)4/h9-11,21H,12H2,1-8H3/t19-,25?/m0/s1. The summed E-state index contributed by atoms with van der Waals surface area (Å²) < 4.78 is 35.2. The highest BCUT2D eigenvalue weighted by Crippen LogP contribution is 2.31. The van der Waals surface area contributed by atoms with Gasteiger partial charge in [0.15, 0.2) is 0 Å². The molecule has 0 spiro atoms. The van der Waals surface area contributed by atoms with E-state index in [1.807, 2.05) is 20.8 Å². The van der Waals surface area contributed by atoms with Crippen LogP contribution in [0.3, 0.4) is 0 Å². The second-order valence-electron chi connectivity index (χ2n) is 8.51. The number of nitrogens with one attached hydrogen (secondary N) is 1. The van der Waals surface area contributed by atoms with Gasteiger partial charge in [-0.3, -0.25) is 4.79 Å². The Hall–Kier alpha value is -1.27. The Kier molecular flexibility index (Phi) is 6.57. The largest absolute Gasteiger partial charge is 0.460 e. The van der Waals surface area contributed by atoms with E-state index in [2.05, 4.69) is 4.72 Å². The second-order valence-corrected chi connectivity index (χ2v) is 10.5. The summed E-state index contributed by atoms with van der Waals surface area (Å²) >= 11 is 0. The number of hydrogen-bond donors (Lipinski definition) is 1. The summed E-state index contributed by atoms with van der Waals surface area (Å²) in [6, 6.07) is 5.00. The Morgan fingerprint density at radius 2 is 1.72 bits per heavy atom. The van der Waals surface area contributed by atoms with E-state index in [1.165, 1.54) is 0 Å². The van der Waals surface area contributed by atoms with Gasteiger partial charge in [0, 0.05) is 5.56 Å². The molecule has 0 saturated carbocycles. The van der Waals surface area contributed by atoms with Gasteiger partial charge in [-0.25, -0.2) is 13.3 Å². The van der Waals surface area contributed by atoms with E-state index >= 15 is 0 Å². The van der Waals surface area contributed by atoms with Gasteiger partial charge in [0.25, 0.3) is 0 Å². The van der Waals surface area contributed by atoms with Crippen LogP contribution in [0, 0.1) is 12.7 Å². The van der Waals surface area contributed by atoms with Crippen LogP contribution in [-0.2, 0) is 26.1 Å². The molecule has 142 valence electrons. The normalized spacial score (nSPS) is 16.2. The Morgan fingerprint density at radius 1 is 1.16 bits per heavy atom. The predicted octanol–water partition coefficient (Wildman–Crippen LogP) is 4.13. The number of carbonyl (C=O) groups is 1. The number of hydrogen-bond acceptors (Lipinski definition) is 3. The molecular formula is C19H30FNO3S. The molecule has 0 aliphatic heterocycles. The van der Waals surface area contributed by atoms with Crippen LogP contribution in [-0.4, -0.2) is 20.5 Å². The summed E-state index contributed by atoms with van der Waals surface area (Å²) in [5, 5.41) is 0. The van der Waals surface area contributed by atoms with Gasteiger partial charge in [-0.1, -0.05) is 18.2 Å². The minimum atomic E-state index is -1.49. The number of benzene rings is 1. The maximum absolute atomic E-state index is 14.7. The molecule has 0 aliphatic rings. The van der Waals surface area contributed by atoms with E-state index in [0.29, 0.717) is 11.1 Å². The zero-order chi connectivity index (χ0) is 19.6. The van der Waals surface area contributed by atoms with E-state index < -0.39 is 38.7 Å². The lowest BCUT2D eigenvalue weighted by Gasteiger charge is -2.34. The molecule has 25 heavy (non-hydrogen) atoms. The summed E-state index contributed by atoms with van der Waals surface area (Å²) in [7, 11) is -1.49. The van der Waals surface area contributed by atoms with Gasteiger partial charge in [0.2, 0.25) is 0 Å². The molecule has 0 aromatic heterocycles. The zero-order valence-corrected chi connectivity index (χ0v) is 17.3. The summed E-state index contributed by atoms with van der Waals surface area (Å²) in [4.78, 5) is 12.4. The fourth-order valence-corrected chi connectivity index (χ4v) is 3.18. The van der Waals surface area contributed by atoms with Crippen molar-refractivity contribution in [3.05, 3.63) is 35.1 Å². The average molecular weight is 372 g/mol. The average Bonchev–Trinajstić information content (AvgIpc) is 2.37. The number of halogens is 1. The Morgan fingerprint density at radius 3 is 2.20 bits per heavy atom. The first-order valence-corrected chi connectivity index (χ1v) is 9.48. The van der Waals surface area contributed by atoms with Crippen molar-refractivity contribution in [3.63, 3.8) is 0 Å². The van der Waals surface area contributed by atoms with E-state index in [0.717, 1.165) is 0 Å². The number of esters is 1. The highest BCUT2D eigenvalue weighted by atomic mass is 32.2. The number of ether oxygens (including phenoxy) is 1. The van der Waals surface area contributed by atoms with Crippen molar-refractivity contribution in [2.24, 2.45) is 0 Å². The van der Waals surface area contributed by atoms with Crippen molar-refractivity contribution >= 4 is 17.0 Å². The van der Waals surface area contributed by atoms with Crippen molar-refractivity contribution in [3.8, 4) is 0 Å². The third kappa shape index (κ3) is 6.19. The first kappa shape index (κ1) is 21.8. The molecule has 0 aliphatic carbocycles. The number of rotatable bonds is 5. The van der Waals surface area contributed by atoms with E-state index in [4.69, 9.17) is 4.74 Å².